The van der Waals surface area contributed by atoms with Crippen molar-refractivity contribution in [2.24, 2.45) is 5.92 Å². The van der Waals surface area contributed by atoms with E-state index in [9.17, 15) is 0 Å². The van der Waals surface area contributed by atoms with E-state index in [4.69, 9.17) is 5.11 Å². The molecule has 0 saturated carbocycles. The second kappa shape index (κ2) is 5.52. The fraction of sp³-hybridized carbons (Fsp3) is 1.00. The molecule has 0 bridgehead atoms. The van der Waals surface area contributed by atoms with Gasteiger partial charge in [-0.25, -0.2) is 0 Å². The second-order valence-corrected chi connectivity index (χ2v) is 3.14. The van der Waals surface area contributed by atoms with Gasteiger partial charge in [-0.15, -0.1) is 0 Å². The van der Waals surface area contributed by atoms with Crippen LogP contribution in [0.2, 0.25) is 0 Å². The fourth-order valence-electron chi connectivity index (χ4n) is 1.48. The van der Waals surface area contributed by atoms with Crippen LogP contribution in [0.4, 0.5) is 0 Å². The standard InChI is InChI=1S/C8H18N2O/c11-5-4-10-7-8-2-1-3-9-6-8/h8-11H,1-7H2. The zero-order valence-electron chi connectivity index (χ0n) is 6.97. The van der Waals surface area contributed by atoms with Crippen LogP contribution in [-0.2, 0) is 0 Å². The fourth-order valence-corrected chi connectivity index (χ4v) is 1.48. The number of aliphatic hydroxyl groups is 1. The van der Waals surface area contributed by atoms with E-state index in [1.165, 1.54) is 19.4 Å². The Balaban J connectivity index is 1.96. The highest BCUT2D eigenvalue weighted by atomic mass is 16.3. The van der Waals surface area contributed by atoms with Crippen molar-refractivity contribution in [3.05, 3.63) is 0 Å². The Kier molecular flexibility index (Phi) is 4.50. The summed E-state index contributed by atoms with van der Waals surface area (Å²) < 4.78 is 0. The maximum absolute atomic E-state index is 8.52. The summed E-state index contributed by atoms with van der Waals surface area (Å²) in [4.78, 5) is 0. The molecular weight excluding hydrogens is 140 g/mol. The third-order valence-corrected chi connectivity index (χ3v) is 2.12. The Morgan fingerprint density at radius 1 is 1.55 bits per heavy atom. The van der Waals surface area contributed by atoms with Crippen molar-refractivity contribution >= 4 is 0 Å². The van der Waals surface area contributed by atoms with Crippen molar-refractivity contribution in [1.29, 1.82) is 0 Å². The predicted molar refractivity (Wildman–Crippen MR) is 45.5 cm³/mol. The predicted octanol–water partition coefficient (Wildman–Crippen LogP) is -0.432. The zero-order valence-corrected chi connectivity index (χ0v) is 6.97. The van der Waals surface area contributed by atoms with Gasteiger partial charge in [-0.2, -0.15) is 0 Å². The van der Waals surface area contributed by atoms with Gasteiger partial charge in [0, 0.05) is 6.54 Å². The average molecular weight is 158 g/mol. The molecule has 1 unspecified atom stereocenters. The minimum atomic E-state index is 0.250. The van der Waals surface area contributed by atoms with Gasteiger partial charge in [0.1, 0.15) is 0 Å². The van der Waals surface area contributed by atoms with E-state index in [0.717, 1.165) is 25.6 Å². The lowest BCUT2D eigenvalue weighted by Gasteiger charge is -2.22. The Labute approximate surface area is 68.2 Å². The van der Waals surface area contributed by atoms with Gasteiger partial charge < -0.3 is 15.7 Å². The van der Waals surface area contributed by atoms with Crippen molar-refractivity contribution in [1.82, 2.24) is 10.6 Å². The van der Waals surface area contributed by atoms with Crippen LogP contribution in [0.25, 0.3) is 0 Å². The van der Waals surface area contributed by atoms with Gasteiger partial charge in [0.05, 0.1) is 6.61 Å². The zero-order chi connectivity index (χ0) is 7.94. The second-order valence-electron chi connectivity index (χ2n) is 3.14. The van der Waals surface area contributed by atoms with Crippen LogP contribution in [-0.4, -0.2) is 37.9 Å². The van der Waals surface area contributed by atoms with Crippen molar-refractivity contribution in [3.63, 3.8) is 0 Å². The van der Waals surface area contributed by atoms with Crippen LogP contribution in [0.15, 0.2) is 0 Å². The summed E-state index contributed by atoms with van der Waals surface area (Å²) in [6, 6.07) is 0. The highest BCUT2D eigenvalue weighted by Gasteiger charge is 2.11. The van der Waals surface area contributed by atoms with Gasteiger partial charge in [0.25, 0.3) is 0 Å². The molecule has 1 aliphatic heterocycles. The quantitative estimate of drug-likeness (QED) is 0.486. The Morgan fingerprint density at radius 3 is 3.09 bits per heavy atom. The van der Waals surface area contributed by atoms with Gasteiger partial charge in [-0.1, -0.05) is 0 Å². The van der Waals surface area contributed by atoms with Gasteiger partial charge in [0.15, 0.2) is 0 Å². The average Bonchev–Trinajstić information content (AvgIpc) is 2.07. The number of hydrogen-bond acceptors (Lipinski definition) is 3. The van der Waals surface area contributed by atoms with Crippen LogP contribution < -0.4 is 10.6 Å². The summed E-state index contributed by atoms with van der Waals surface area (Å²) in [6.07, 6.45) is 2.62. The molecule has 11 heavy (non-hydrogen) atoms. The normalized spacial score (nSPS) is 25.4. The van der Waals surface area contributed by atoms with E-state index in [0.29, 0.717) is 0 Å². The maximum atomic E-state index is 8.52. The van der Waals surface area contributed by atoms with Crippen LogP contribution in [0.1, 0.15) is 12.8 Å². The molecule has 0 aromatic heterocycles. The van der Waals surface area contributed by atoms with Crippen LogP contribution >= 0.6 is 0 Å². The largest absolute Gasteiger partial charge is 0.395 e. The van der Waals surface area contributed by atoms with Gasteiger partial charge >= 0.3 is 0 Å². The molecule has 1 saturated heterocycles. The molecule has 3 N–H and O–H groups in total. The van der Waals surface area contributed by atoms with Crippen molar-refractivity contribution in [2.45, 2.75) is 12.8 Å². The summed E-state index contributed by atoms with van der Waals surface area (Å²) in [5, 5.41) is 15.1. The van der Waals surface area contributed by atoms with Crippen LogP contribution in [0, 0.1) is 5.92 Å². The lowest BCUT2D eigenvalue weighted by atomic mass is 10.00. The molecule has 0 radical (unpaired) electrons. The van der Waals surface area contributed by atoms with E-state index in [-0.39, 0.29) is 6.61 Å². The van der Waals surface area contributed by atoms with Crippen molar-refractivity contribution in [2.75, 3.05) is 32.8 Å². The number of hydrogen-bond donors (Lipinski definition) is 3. The number of aliphatic hydroxyl groups excluding tert-OH is 1. The topological polar surface area (TPSA) is 44.3 Å². The molecule has 1 heterocycles. The summed E-state index contributed by atoms with van der Waals surface area (Å²) in [5.41, 5.74) is 0. The summed E-state index contributed by atoms with van der Waals surface area (Å²) in [7, 11) is 0. The molecular formula is C8H18N2O. The lowest BCUT2D eigenvalue weighted by Crippen LogP contribution is -2.36. The minimum absolute atomic E-state index is 0.250. The first-order chi connectivity index (χ1) is 5.43. The van der Waals surface area contributed by atoms with E-state index in [1.807, 2.05) is 0 Å². The minimum Gasteiger partial charge on any atom is -0.395 e. The Morgan fingerprint density at radius 2 is 2.45 bits per heavy atom. The van der Waals surface area contributed by atoms with Crippen LogP contribution in [0.5, 0.6) is 0 Å². The third kappa shape index (κ3) is 3.70. The molecule has 1 rings (SSSR count). The number of nitrogens with one attached hydrogen (secondary N) is 2. The highest BCUT2D eigenvalue weighted by Crippen LogP contribution is 2.07. The van der Waals surface area contributed by atoms with Crippen molar-refractivity contribution in [3.8, 4) is 0 Å². The van der Waals surface area contributed by atoms with Crippen molar-refractivity contribution < 1.29 is 5.11 Å². The first kappa shape index (κ1) is 8.97. The first-order valence-electron chi connectivity index (χ1n) is 4.46. The maximum Gasteiger partial charge on any atom is 0.0555 e. The molecule has 0 aromatic carbocycles. The lowest BCUT2D eigenvalue weighted by molar-refractivity contribution is 0.281. The summed E-state index contributed by atoms with van der Waals surface area (Å²) >= 11 is 0. The van der Waals surface area contributed by atoms with Gasteiger partial charge in [-0.05, 0) is 38.4 Å². The van der Waals surface area contributed by atoms with Gasteiger partial charge in [0.2, 0.25) is 0 Å². The molecule has 1 fully saturated rings. The summed E-state index contributed by atoms with van der Waals surface area (Å²) in [5.74, 6) is 0.773. The number of piperidine rings is 1. The Bertz CT molecular complexity index is 92.1. The SMILES string of the molecule is OCCNCC1CCCNC1. The molecule has 3 nitrogen and oxygen atoms in total. The van der Waals surface area contributed by atoms with E-state index in [1.54, 1.807) is 0 Å². The van der Waals surface area contributed by atoms with E-state index < -0.39 is 0 Å². The summed E-state index contributed by atoms with van der Waals surface area (Å²) in [6.45, 7) is 4.35. The first-order valence-corrected chi connectivity index (χ1v) is 4.46. The number of rotatable bonds is 4. The highest BCUT2D eigenvalue weighted by molar-refractivity contribution is 4.70. The molecule has 0 aliphatic carbocycles. The molecule has 66 valence electrons. The molecule has 1 atom stereocenters. The molecule has 3 heteroatoms. The van der Waals surface area contributed by atoms with E-state index in [2.05, 4.69) is 10.6 Å². The molecule has 0 amide bonds. The van der Waals surface area contributed by atoms with Gasteiger partial charge in [-0.3, -0.25) is 0 Å². The third-order valence-electron chi connectivity index (χ3n) is 2.12. The molecule has 1 aliphatic rings. The smallest absolute Gasteiger partial charge is 0.0555 e. The molecule has 0 spiro atoms. The van der Waals surface area contributed by atoms with Crippen LogP contribution in [0.3, 0.4) is 0 Å². The Hall–Kier alpha value is -0.120. The van der Waals surface area contributed by atoms with E-state index >= 15 is 0 Å². The monoisotopic (exact) mass is 158 g/mol. The molecule has 0 aromatic rings.